The number of aliphatic carboxylic acids is 1. The molecule has 1 atom stereocenters. The molecule has 0 saturated carbocycles. The van der Waals surface area contributed by atoms with Gasteiger partial charge in [-0.1, -0.05) is 13.0 Å². The third-order valence-corrected chi connectivity index (χ3v) is 5.37. The van der Waals surface area contributed by atoms with Gasteiger partial charge in [0, 0.05) is 23.7 Å². The third kappa shape index (κ3) is 7.40. The lowest BCUT2D eigenvalue weighted by molar-refractivity contribution is -0.137. The first-order valence-corrected chi connectivity index (χ1v) is 9.87. The van der Waals surface area contributed by atoms with Gasteiger partial charge in [-0.3, -0.25) is 4.79 Å². The molecule has 4 N–H and O–H groups in total. The number of urea groups is 1. The molecule has 26 heavy (non-hydrogen) atoms. The molecule has 2 amide bonds. The van der Waals surface area contributed by atoms with Crippen LogP contribution in [0.3, 0.4) is 0 Å². The monoisotopic (exact) mass is 385 g/mol. The summed E-state index contributed by atoms with van der Waals surface area (Å²) in [6.45, 7) is 7.08. The zero-order valence-corrected chi connectivity index (χ0v) is 16.3. The van der Waals surface area contributed by atoms with Gasteiger partial charge in [0.15, 0.2) is 0 Å². The van der Waals surface area contributed by atoms with E-state index in [9.17, 15) is 18.0 Å². The number of carboxylic acids is 1. The van der Waals surface area contributed by atoms with Crippen LogP contribution in [-0.2, 0) is 14.8 Å². The van der Waals surface area contributed by atoms with Crippen LogP contribution in [0, 0.1) is 0 Å². The lowest BCUT2D eigenvalue weighted by Crippen LogP contribution is -2.45. The quantitative estimate of drug-likeness (QED) is 0.520. The molecule has 1 aromatic carbocycles. The van der Waals surface area contributed by atoms with E-state index in [1.165, 1.54) is 18.2 Å². The van der Waals surface area contributed by atoms with E-state index in [0.717, 1.165) is 0 Å². The molecule has 1 unspecified atom stereocenters. The highest BCUT2D eigenvalue weighted by Gasteiger charge is 2.22. The van der Waals surface area contributed by atoms with E-state index >= 15 is 0 Å². The Morgan fingerprint density at radius 1 is 1.27 bits per heavy atom. The Morgan fingerprint density at radius 2 is 1.92 bits per heavy atom. The molecule has 8 nitrogen and oxygen atoms in total. The van der Waals surface area contributed by atoms with Crippen LogP contribution in [0.5, 0.6) is 0 Å². The molecule has 0 aromatic heterocycles. The van der Waals surface area contributed by atoms with Crippen LogP contribution in [0.15, 0.2) is 29.2 Å². The van der Waals surface area contributed by atoms with Crippen LogP contribution >= 0.6 is 0 Å². The van der Waals surface area contributed by atoms with E-state index in [1.54, 1.807) is 26.8 Å². The number of carboxylic acid groups (broad SMARTS) is 1. The number of rotatable bonds is 9. The van der Waals surface area contributed by atoms with Crippen LogP contribution in [0.4, 0.5) is 10.5 Å². The Kier molecular flexibility index (Phi) is 7.58. The molecule has 0 radical (unpaired) electrons. The topological polar surface area (TPSA) is 125 Å². The fourth-order valence-electron chi connectivity index (χ4n) is 2.11. The van der Waals surface area contributed by atoms with Crippen molar-refractivity contribution in [1.82, 2.24) is 10.0 Å². The average molecular weight is 385 g/mol. The van der Waals surface area contributed by atoms with Crippen LogP contribution in [-0.4, -0.2) is 37.1 Å². The maximum absolute atomic E-state index is 12.3. The molecule has 0 fully saturated rings. The molecule has 146 valence electrons. The van der Waals surface area contributed by atoms with Crippen molar-refractivity contribution >= 4 is 27.7 Å². The first-order valence-electron chi connectivity index (χ1n) is 8.38. The minimum absolute atomic E-state index is 0.0562. The Labute approximate surface area is 154 Å². The number of amides is 2. The van der Waals surface area contributed by atoms with Crippen molar-refractivity contribution in [3.8, 4) is 0 Å². The van der Waals surface area contributed by atoms with Crippen molar-refractivity contribution in [2.45, 2.75) is 63.4 Å². The zero-order valence-electron chi connectivity index (χ0n) is 15.5. The van der Waals surface area contributed by atoms with Gasteiger partial charge in [-0.25, -0.2) is 17.9 Å². The van der Waals surface area contributed by atoms with Crippen molar-refractivity contribution in [2.75, 3.05) is 5.32 Å². The third-order valence-electron chi connectivity index (χ3n) is 3.79. The summed E-state index contributed by atoms with van der Waals surface area (Å²) in [4.78, 5) is 22.8. The highest BCUT2D eigenvalue weighted by atomic mass is 32.2. The molecule has 0 spiro atoms. The highest BCUT2D eigenvalue weighted by molar-refractivity contribution is 7.89. The van der Waals surface area contributed by atoms with Crippen LogP contribution in [0.2, 0.25) is 0 Å². The van der Waals surface area contributed by atoms with Gasteiger partial charge >= 0.3 is 12.0 Å². The summed E-state index contributed by atoms with van der Waals surface area (Å²) in [6, 6.07) is 5.20. The Bertz CT molecular complexity index is 747. The van der Waals surface area contributed by atoms with Crippen LogP contribution in [0.1, 0.15) is 47.0 Å². The number of hydrogen-bond donors (Lipinski definition) is 4. The van der Waals surface area contributed by atoms with Crippen molar-refractivity contribution in [1.29, 1.82) is 0 Å². The summed E-state index contributed by atoms with van der Waals surface area (Å²) >= 11 is 0. The van der Waals surface area contributed by atoms with Gasteiger partial charge < -0.3 is 15.7 Å². The van der Waals surface area contributed by atoms with Gasteiger partial charge in [-0.15, -0.1) is 0 Å². The molecule has 0 heterocycles. The standard InChI is InChI=1S/C17H27N3O5S/c1-5-12(2)20-26(24,25)14-8-6-7-13(11-14)18-16(23)19-17(3,4)10-9-15(21)22/h6-8,11-12,20H,5,9-10H2,1-4H3,(H,21,22)(H2,18,19,23). The van der Waals surface area contributed by atoms with Gasteiger partial charge in [0.1, 0.15) is 0 Å². The second-order valence-electron chi connectivity index (χ2n) is 6.82. The van der Waals surface area contributed by atoms with E-state index in [2.05, 4.69) is 15.4 Å². The van der Waals surface area contributed by atoms with Crippen LogP contribution in [0.25, 0.3) is 0 Å². The first-order chi connectivity index (χ1) is 11.9. The summed E-state index contributed by atoms with van der Waals surface area (Å²) in [5.74, 6) is -0.938. The molecule has 0 bridgehead atoms. The smallest absolute Gasteiger partial charge is 0.319 e. The van der Waals surface area contributed by atoms with Gasteiger partial charge in [-0.2, -0.15) is 0 Å². The van der Waals surface area contributed by atoms with Gasteiger partial charge in [-0.05, 0) is 51.8 Å². The number of anilines is 1. The normalized spacial score (nSPS) is 13.1. The minimum atomic E-state index is -3.67. The molecule has 0 aliphatic heterocycles. The fraction of sp³-hybridized carbons (Fsp3) is 0.529. The summed E-state index contributed by atoms with van der Waals surface area (Å²) in [5.41, 5.74) is -0.395. The lowest BCUT2D eigenvalue weighted by atomic mass is 9.99. The first kappa shape index (κ1) is 21.9. The van der Waals surface area contributed by atoms with Crippen molar-refractivity contribution in [2.24, 2.45) is 0 Å². The van der Waals surface area contributed by atoms with E-state index in [4.69, 9.17) is 5.11 Å². The average Bonchev–Trinajstić information content (AvgIpc) is 2.52. The minimum Gasteiger partial charge on any atom is -0.481 e. The number of hydrogen-bond acceptors (Lipinski definition) is 4. The van der Waals surface area contributed by atoms with Crippen LogP contribution < -0.4 is 15.4 Å². The number of sulfonamides is 1. The van der Waals surface area contributed by atoms with Crippen molar-refractivity contribution < 1.29 is 23.1 Å². The predicted molar refractivity (Wildman–Crippen MR) is 99.6 cm³/mol. The number of carbonyl (C=O) groups is 2. The second kappa shape index (κ2) is 9.00. The largest absolute Gasteiger partial charge is 0.481 e. The molecular formula is C17H27N3O5S. The van der Waals surface area contributed by atoms with Gasteiger partial charge in [0.25, 0.3) is 0 Å². The van der Waals surface area contributed by atoms with Gasteiger partial charge in [0.2, 0.25) is 10.0 Å². The Hall–Kier alpha value is -2.13. The van der Waals surface area contributed by atoms with E-state index in [-0.39, 0.29) is 23.8 Å². The summed E-state index contributed by atoms with van der Waals surface area (Å²) in [6.07, 6.45) is 0.857. The predicted octanol–water partition coefficient (Wildman–Crippen LogP) is 2.53. The second-order valence-corrected chi connectivity index (χ2v) is 8.53. The SMILES string of the molecule is CCC(C)NS(=O)(=O)c1cccc(NC(=O)NC(C)(C)CCC(=O)O)c1. The zero-order chi connectivity index (χ0) is 20.0. The van der Waals surface area contributed by atoms with Crippen molar-refractivity contribution in [3.63, 3.8) is 0 Å². The molecule has 0 aliphatic rings. The maximum Gasteiger partial charge on any atom is 0.319 e. The number of carbonyl (C=O) groups excluding carboxylic acids is 1. The molecular weight excluding hydrogens is 358 g/mol. The number of nitrogens with one attached hydrogen (secondary N) is 3. The highest BCUT2D eigenvalue weighted by Crippen LogP contribution is 2.17. The van der Waals surface area contributed by atoms with E-state index in [1.807, 2.05) is 6.92 Å². The fourth-order valence-corrected chi connectivity index (χ4v) is 3.48. The maximum atomic E-state index is 12.3. The Morgan fingerprint density at radius 3 is 2.50 bits per heavy atom. The summed E-state index contributed by atoms with van der Waals surface area (Å²) in [7, 11) is -3.67. The molecule has 1 aromatic rings. The molecule has 0 aliphatic carbocycles. The Balaban J connectivity index is 2.79. The van der Waals surface area contributed by atoms with E-state index < -0.39 is 27.6 Å². The molecule has 0 saturated heterocycles. The molecule has 9 heteroatoms. The summed E-state index contributed by atoms with van der Waals surface area (Å²) in [5, 5.41) is 14.0. The van der Waals surface area contributed by atoms with Gasteiger partial charge in [0.05, 0.1) is 4.90 Å². The van der Waals surface area contributed by atoms with E-state index in [0.29, 0.717) is 12.1 Å². The lowest BCUT2D eigenvalue weighted by Gasteiger charge is -2.25. The van der Waals surface area contributed by atoms with Crippen molar-refractivity contribution in [3.05, 3.63) is 24.3 Å². The number of benzene rings is 1. The summed E-state index contributed by atoms with van der Waals surface area (Å²) < 4.78 is 27.2. The molecule has 1 rings (SSSR count).